The lowest BCUT2D eigenvalue weighted by Crippen LogP contribution is -2.41. The van der Waals surface area contributed by atoms with E-state index in [1.807, 2.05) is 0 Å². The van der Waals surface area contributed by atoms with Crippen LogP contribution in [0.15, 0.2) is 18.2 Å². The molecule has 2 rings (SSSR count). The summed E-state index contributed by atoms with van der Waals surface area (Å²) in [6, 6.07) is 6.95. The number of hydrogen-bond acceptors (Lipinski definition) is 5. The predicted molar refractivity (Wildman–Crippen MR) is 100 cm³/mol. The van der Waals surface area contributed by atoms with E-state index in [9.17, 15) is 4.79 Å². The lowest BCUT2D eigenvalue weighted by molar-refractivity contribution is 0.113. The molecule has 0 radical (unpaired) electrons. The first-order chi connectivity index (χ1) is 12.6. The van der Waals surface area contributed by atoms with Crippen LogP contribution in [-0.4, -0.2) is 69.9 Å². The maximum atomic E-state index is 12.4. The van der Waals surface area contributed by atoms with Crippen LogP contribution < -0.4 is 10.1 Å². The van der Waals surface area contributed by atoms with E-state index in [0.29, 0.717) is 22.9 Å². The van der Waals surface area contributed by atoms with Gasteiger partial charge in [-0.2, -0.15) is 5.26 Å². The summed E-state index contributed by atoms with van der Waals surface area (Å²) in [6.07, 6.45) is 2.17. The molecule has 0 saturated carbocycles. The summed E-state index contributed by atoms with van der Waals surface area (Å²) in [5, 5.41) is 12.0. The Hall–Kier alpha value is -2.30. The molecule has 1 aliphatic rings. The molecule has 142 valence electrons. The minimum atomic E-state index is -0.166. The Bertz CT molecular complexity index is 636. The number of likely N-dealkylation sites (tertiary alicyclic amines) is 1. The lowest BCUT2D eigenvalue weighted by atomic mass is 9.96. The highest BCUT2D eigenvalue weighted by atomic mass is 16.5. The smallest absolute Gasteiger partial charge is 0.321 e. The Kier molecular flexibility index (Phi) is 7.70. The third-order valence-electron chi connectivity index (χ3n) is 4.77. The second-order valence-electron chi connectivity index (χ2n) is 6.62. The molecule has 0 spiro atoms. The van der Waals surface area contributed by atoms with Crippen LogP contribution in [0, 0.1) is 17.2 Å². The van der Waals surface area contributed by atoms with Gasteiger partial charge < -0.3 is 24.6 Å². The molecule has 1 aliphatic heterocycles. The predicted octanol–water partition coefficient (Wildman–Crippen LogP) is 2.39. The number of urea groups is 1. The molecule has 1 fully saturated rings. The topological polar surface area (TPSA) is 77.8 Å². The highest BCUT2D eigenvalue weighted by molar-refractivity contribution is 5.89. The highest BCUT2D eigenvalue weighted by Crippen LogP contribution is 2.22. The zero-order chi connectivity index (χ0) is 18.9. The first kappa shape index (κ1) is 20.0. The molecule has 1 N–H and O–H groups in total. The summed E-state index contributed by atoms with van der Waals surface area (Å²) in [4.78, 5) is 16.5. The molecule has 26 heavy (non-hydrogen) atoms. The van der Waals surface area contributed by atoms with E-state index in [1.54, 1.807) is 37.3 Å². The number of nitrogens with one attached hydrogen (secondary N) is 1. The van der Waals surface area contributed by atoms with Gasteiger partial charge in [0, 0.05) is 32.9 Å². The van der Waals surface area contributed by atoms with Crippen molar-refractivity contribution in [3.8, 4) is 11.8 Å². The third-order valence-corrected chi connectivity index (χ3v) is 4.77. The van der Waals surface area contributed by atoms with E-state index in [4.69, 9.17) is 14.7 Å². The maximum absolute atomic E-state index is 12.4. The Labute approximate surface area is 155 Å². The van der Waals surface area contributed by atoms with Gasteiger partial charge in [-0.15, -0.1) is 0 Å². The molecule has 1 aromatic carbocycles. The Morgan fingerprint density at radius 3 is 2.73 bits per heavy atom. The average molecular weight is 360 g/mol. The molecule has 0 unspecified atom stereocenters. The van der Waals surface area contributed by atoms with Crippen LogP contribution in [0.3, 0.4) is 0 Å². The van der Waals surface area contributed by atoms with Crippen LogP contribution in [0.25, 0.3) is 0 Å². The van der Waals surface area contributed by atoms with Crippen LogP contribution in [0.1, 0.15) is 18.4 Å². The Morgan fingerprint density at radius 2 is 2.12 bits per heavy atom. The van der Waals surface area contributed by atoms with Gasteiger partial charge in [0.2, 0.25) is 0 Å². The summed E-state index contributed by atoms with van der Waals surface area (Å²) < 4.78 is 10.2. The molecule has 1 heterocycles. The summed E-state index contributed by atoms with van der Waals surface area (Å²) in [6.45, 7) is 4.56. The largest absolute Gasteiger partial charge is 0.495 e. The number of rotatable bonds is 7. The van der Waals surface area contributed by atoms with Crippen molar-refractivity contribution in [1.82, 2.24) is 9.80 Å². The number of benzene rings is 1. The summed E-state index contributed by atoms with van der Waals surface area (Å²) in [7, 11) is 5.05. The van der Waals surface area contributed by atoms with Gasteiger partial charge in [-0.1, -0.05) is 0 Å². The first-order valence-electron chi connectivity index (χ1n) is 8.89. The van der Waals surface area contributed by atoms with E-state index < -0.39 is 0 Å². The van der Waals surface area contributed by atoms with E-state index in [2.05, 4.69) is 16.3 Å². The van der Waals surface area contributed by atoms with Gasteiger partial charge in [0.25, 0.3) is 0 Å². The molecular weight excluding hydrogens is 332 g/mol. The molecule has 7 nitrogen and oxygen atoms in total. The van der Waals surface area contributed by atoms with Crippen molar-refractivity contribution in [1.29, 1.82) is 5.26 Å². The van der Waals surface area contributed by atoms with Crippen LogP contribution >= 0.6 is 0 Å². The summed E-state index contributed by atoms with van der Waals surface area (Å²) in [5.74, 6) is 1.01. The first-order valence-corrected chi connectivity index (χ1v) is 8.89. The van der Waals surface area contributed by atoms with Crippen molar-refractivity contribution in [2.24, 2.45) is 5.92 Å². The quantitative estimate of drug-likeness (QED) is 0.808. The molecule has 0 bridgehead atoms. The molecule has 0 aromatic heterocycles. The minimum absolute atomic E-state index is 0.166. The molecule has 2 amide bonds. The molecule has 0 aliphatic carbocycles. The van der Waals surface area contributed by atoms with E-state index in [0.717, 1.165) is 45.6 Å². The SMILES string of the molecule is COCCN1CCC(CN(C)C(=O)Nc2ccc(OC)c(C#N)c2)CC1. The Morgan fingerprint density at radius 1 is 1.38 bits per heavy atom. The monoisotopic (exact) mass is 360 g/mol. The van der Waals surface area contributed by atoms with E-state index >= 15 is 0 Å². The van der Waals surface area contributed by atoms with Crippen molar-refractivity contribution in [2.75, 3.05) is 59.4 Å². The van der Waals surface area contributed by atoms with Crippen LogP contribution in [0.4, 0.5) is 10.5 Å². The number of nitrogens with zero attached hydrogens (tertiary/aromatic N) is 3. The number of ether oxygens (including phenoxy) is 2. The minimum Gasteiger partial charge on any atom is -0.495 e. The van der Waals surface area contributed by atoms with Crippen molar-refractivity contribution in [2.45, 2.75) is 12.8 Å². The lowest BCUT2D eigenvalue weighted by Gasteiger charge is -2.33. The fourth-order valence-electron chi connectivity index (χ4n) is 3.18. The summed E-state index contributed by atoms with van der Waals surface area (Å²) in [5.41, 5.74) is 0.991. The van der Waals surface area contributed by atoms with Crippen molar-refractivity contribution < 1.29 is 14.3 Å². The highest BCUT2D eigenvalue weighted by Gasteiger charge is 2.22. The number of nitriles is 1. The molecule has 1 aromatic rings. The second-order valence-corrected chi connectivity index (χ2v) is 6.62. The molecule has 7 heteroatoms. The molecular formula is C19H28N4O3. The second kappa shape index (κ2) is 10.00. The third kappa shape index (κ3) is 5.61. The number of carbonyl (C=O) groups is 1. The zero-order valence-corrected chi connectivity index (χ0v) is 15.8. The van der Waals surface area contributed by atoms with Crippen LogP contribution in [0.2, 0.25) is 0 Å². The number of hydrogen-bond donors (Lipinski definition) is 1. The Balaban J connectivity index is 1.82. The zero-order valence-electron chi connectivity index (χ0n) is 15.8. The normalized spacial score (nSPS) is 15.3. The van der Waals surface area contributed by atoms with Gasteiger partial charge in [-0.3, -0.25) is 0 Å². The average Bonchev–Trinajstić information content (AvgIpc) is 2.67. The van der Waals surface area contributed by atoms with Gasteiger partial charge in [-0.05, 0) is 50.0 Å². The van der Waals surface area contributed by atoms with Crippen molar-refractivity contribution in [3.63, 3.8) is 0 Å². The van der Waals surface area contributed by atoms with E-state index in [1.165, 1.54) is 7.11 Å². The van der Waals surface area contributed by atoms with Crippen molar-refractivity contribution in [3.05, 3.63) is 23.8 Å². The van der Waals surface area contributed by atoms with E-state index in [-0.39, 0.29) is 6.03 Å². The van der Waals surface area contributed by atoms with Gasteiger partial charge in [-0.25, -0.2) is 4.79 Å². The fourth-order valence-corrected chi connectivity index (χ4v) is 3.18. The number of methoxy groups -OCH3 is 2. The molecule has 0 atom stereocenters. The van der Waals surface area contributed by atoms with Crippen LogP contribution in [0.5, 0.6) is 5.75 Å². The van der Waals surface area contributed by atoms with Gasteiger partial charge >= 0.3 is 6.03 Å². The standard InChI is InChI=1S/C19H28N4O3/c1-22(14-15-6-8-23(9-7-15)10-11-25-2)19(24)21-17-4-5-18(26-3)16(12-17)13-20/h4-5,12,15H,6-11,14H2,1-3H3,(H,21,24). The fraction of sp³-hybridized carbons (Fsp3) is 0.579. The number of amides is 2. The van der Waals surface area contributed by atoms with Crippen LogP contribution in [-0.2, 0) is 4.74 Å². The van der Waals surface area contributed by atoms with Gasteiger partial charge in [0.15, 0.2) is 0 Å². The number of piperidine rings is 1. The van der Waals surface area contributed by atoms with Crippen molar-refractivity contribution >= 4 is 11.7 Å². The summed E-state index contributed by atoms with van der Waals surface area (Å²) >= 11 is 0. The van der Waals surface area contributed by atoms with Gasteiger partial charge in [0.1, 0.15) is 11.8 Å². The molecule has 1 saturated heterocycles. The number of anilines is 1. The number of carbonyl (C=O) groups excluding carboxylic acids is 1. The van der Waals surface area contributed by atoms with Gasteiger partial charge in [0.05, 0.1) is 19.3 Å². The maximum Gasteiger partial charge on any atom is 0.321 e.